The van der Waals surface area contributed by atoms with Crippen LogP contribution in [0.5, 0.6) is 11.5 Å². The van der Waals surface area contributed by atoms with Crippen LogP contribution >= 0.6 is 28.1 Å². The number of nitrogens with zero attached hydrogens (tertiary/aromatic N) is 3. The van der Waals surface area contributed by atoms with Crippen molar-refractivity contribution in [3.8, 4) is 22.9 Å². The van der Waals surface area contributed by atoms with Crippen LogP contribution < -0.4 is 14.9 Å². The van der Waals surface area contributed by atoms with Gasteiger partial charge in [0.25, 0.3) is 0 Å². The van der Waals surface area contributed by atoms with Crippen LogP contribution in [0, 0.1) is 4.77 Å². The Labute approximate surface area is 170 Å². The smallest absolute Gasteiger partial charge is 0.214 e. The monoisotopic (exact) mass is 449 g/mol. The number of pyridine rings is 1. The Morgan fingerprint density at radius 2 is 1.93 bits per heavy atom. The van der Waals surface area contributed by atoms with Crippen LogP contribution in [-0.4, -0.2) is 33.1 Å². The molecule has 0 saturated carbocycles. The van der Waals surface area contributed by atoms with E-state index in [-0.39, 0.29) is 0 Å². The summed E-state index contributed by atoms with van der Waals surface area (Å²) in [6.45, 7) is 5.54. The maximum atomic E-state index is 5.73. The first-order valence-electron chi connectivity index (χ1n) is 8.53. The topological polar surface area (TPSA) is 77.0 Å². The Morgan fingerprint density at radius 3 is 2.63 bits per heavy atom. The summed E-state index contributed by atoms with van der Waals surface area (Å²) in [5.74, 6) is 2.11. The molecule has 0 fully saturated rings. The number of benzene rings is 1. The van der Waals surface area contributed by atoms with Gasteiger partial charge in [-0.25, -0.2) is 9.77 Å². The third-order valence-electron chi connectivity index (χ3n) is 3.71. The summed E-state index contributed by atoms with van der Waals surface area (Å²) in [7, 11) is 0. The van der Waals surface area contributed by atoms with E-state index in [2.05, 4.69) is 36.5 Å². The van der Waals surface area contributed by atoms with Crippen molar-refractivity contribution in [1.82, 2.24) is 19.9 Å². The van der Waals surface area contributed by atoms with Crippen LogP contribution in [0.3, 0.4) is 0 Å². The highest BCUT2D eigenvalue weighted by atomic mass is 79.9. The summed E-state index contributed by atoms with van der Waals surface area (Å²) in [4.78, 5) is 4.04. The van der Waals surface area contributed by atoms with Gasteiger partial charge in [0.1, 0.15) is 0 Å². The molecular formula is C18H20BrN5O2S. The van der Waals surface area contributed by atoms with Gasteiger partial charge in [0.15, 0.2) is 17.3 Å². The van der Waals surface area contributed by atoms with Gasteiger partial charge in [0, 0.05) is 18.0 Å². The van der Waals surface area contributed by atoms with Crippen molar-refractivity contribution in [2.24, 2.45) is 0 Å². The molecule has 3 aromatic rings. The molecule has 0 spiro atoms. The number of ether oxygens (including phenoxy) is 2. The molecule has 0 bridgehead atoms. The molecule has 9 heteroatoms. The first kappa shape index (κ1) is 19.4. The van der Waals surface area contributed by atoms with E-state index in [1.54, 1.807) is 17.1 Å². The van der Waals surface area contributed by atoms with Crippen LogP contribution in [0.15, 0.2) is 41.1 Å². The Bertz CT molecular complexity index is 958. The lowest BCUT2D eigenvalue weighted by atomic mass is 10.2. The molecule has 0 aliphatic heterocycles. The molecule has 0 aliphatic rings. The predicted molar refractivity (Wildman–Crippen MR) is 110 cm³/mol. The molecule has 0 amide bonds. The lowest BCUT2D eigenvalue weighted by Gasteiger charge is -2.16. The first-order valence-corrected chi connectivity index (χ1v) is 9.73. The van der Waals surface area contributed by atoms with Gasteiger partial charge in [-0.3, -0.25) is 4.98 Å². The number of hydrogen-bond acceptors (Lipinski definition) is 6. The van der Waals surface area contributed by atoms with Crippen molar-refractivity contribution >= 4 is 28.1 Å². The van der Waals surface area contributed by atoms with E-state index in [0.29, 0.717) is 41.9 Å². The minimum atomic E-state index is 0.483. The van der Waals surface area contributed by atoms with Gasteiger partial charge in [-0.05, 0) is 71.8 Å². The molecule has 7 nitrogen and oxygen atoms in total. The lowest BCUT2D eigenvalue weighted by Crippen LogP contribution is -2.16. The number of halogens is 1. The molecule has 1 aromatic carbocycles. The highest BCUT2D eigenvalue weighted by molar-refractivity contribution is 9.10. The van der Waals surface area contributed by atoms with Crippen molar-refractivity contribution in [3.05, 3.63) is 51.5 Å². The van der Waals surface area contributed by atoms with Crippen molar-refractivity contribution in [2.45, 2.75) is 20.4 Å². The van der Waals surface area contributed by atoms with Gasteiger partial charge >= 0.3 is 0 Å². The molecular weight excluding hydrogens is 430 g/mol. The number of H-pyrrole nitrogens is 1. The molecule has 142 valence electrons. The minimum absolute atomic E-state index is 0.483. The highest BCUT2D eigenvalue weighted by Gasteiger charge is 2.13. The van der Waals surface area contributed by atoms with Gasteiger partial charge in [0.2, 0.25) is 4.77 Å². The molecule has 2 heterocycles. The summed E-state index contributed by atoms with van der Waals surface area (Å²) in [6.07, 6.45) is 3.44. The Kier molecular flexibility index (Phi) is 6.46. The van der Waals surface area contributed by atoms with Crippen LogP contribution in [0.2, 0.25) is 0 Å². The van der Waals surface area contributed by atoms with E-state index in [1.165, 1.54) is 0 Å². The average molecular weight is 450 g/mol. The SMILES string of the molecule is CCOc1cc(CNn2c(-c3ccncc3)n[nH]c2=S)cc(Br)c1OCC. The fraction of sp³-hybridized carbons (Fsp3) is 0.278. The zero-order chi connectivity index (χ0) is 19.2. The number of hydrogen-bond donors (Lipinski definition) is 2. The van der Waals surface area contributed by atoms with Gasteiger partial charge in [-0.1, -0.05) is 0 Å². The standard InChI is InChI=1S/C18H20BrN5O2S/c1-3-25-15-10-12(9-14(19)16(15)26-4-2)11-21-24-17(22-23-18(24)27)13-5-7-20-8-6-13/h5-10,21H,3-4,11H2,1-2H3,(H,23,27). The molecule has 2 N–H and O–H groups in total. The normalized spacial score (nSPS) is 10.6. The van der Waals surface area contributed by atoms with Gasteiger partial charge < -0.3 is 14.9 Å². The van der Waals surface area contributed by atoms with E-state index in [9.17, 15) is 0 Å². The van der Waals surface area contributed by atoms with E-state index < -0.39 is 0 Å². The molecule has 0 saturated heterocycles. The van der Waals surface area contributed by atoms with E-state index in [4.69, 9.17) is 21.7 Å². The second-order valence-electron chi connectivity index (χ2n) is 5.53. The van der Waals surface area contributed by atoms with E-state index in [1.807, 2.05) is 38.1 Å². The summed E-state index contributed by atoms with van der Waals surface area (Å²) >= 11 is 8.92. The van der Waals surface area contributed by atoms with Crippen LogP contribution in [0.4, 0.5) is 0 Å². The molecule has 0 unspecified atom stereocenters. The molecule has 0 radical (unpaired) electrons. The van der Waals surface area contributed by atoms with Crippen LogP contribution in [0.25, 0.3) is 11.4 Å². The van der Waals surface area contributed by atoms with Crippen molar-refractivity contribution < 1.29 is 9.47 Å². The number of nitrogens with one attached hydrogen (secondary N) is 2. The van der Waals surface area contributed by atoms with Gasteiger partial charge in [-0.2, -0.15) is 5.10 Å². The largest absolute Gasteiger partial charge is 0.490 e. The first-order chi connectivity index (χ1) is 13.1. The fourth-order valence-electron chi connectivity index (χ4n) is 2.58. The molecule has 3 rings (SSSR count). The Balaban J connectivity index is 1.86. The van der Waals surface area contributed by atoms with Gasteiger partial charge in [-0.15, -0.1) is 0 Å². The third kappa shape index (κ3) is 4.48. The minimum Gasteiger partial charge on any atom is -0.490 e. The zero-order valence-corrected chi connectivity index (χ0v) is 17.4. The number of rotatable bonds is 8. The maximum Gasteiger partial charge on any atom is 0.214 e. The van der Waals surface area contributed by atoms with Crippen molar-refractivity contribution in [3.63, 3.8) is 0 Å². The summed E-state index contributed by atoms with van der Waals surface area (Å²) in [6, 6.07) is 7.71. The quantitative estimate of drug-likeness (QED) is 0.499. The Morgan fingerprint density at radius 1 is 1.19 bits per heavy atom. The van der Waals surface area contributed by atoms with Crippen molar-refractivity contribution in [2.75, 3.05) is 18.6 Å². The summed E-state index contributed by atoms with van der Waals surface area (Å²) in [5, 5.41) is 7.12. The zero-order valence-electron chi connectivity index (χ0n) is 15.0. The second-order valence-corrected chi connectivity index (χ2v) is 6.77. The number of aromatic amines is 1. The summed E-state index contributed by atoms with van der Waals surface area (Å²) < 4.78 is 14.5. The molecule has 2 aromatic heterocycles. The average Bonchev–Trinajstić information content (AvgIpc) is 3.04. The fourth-order valence-corrected chi connectivity index (χ4v) is 3.38. The second kappa shape index (κ2) is 9.01. The molecule has 27 heavy (non-hydrogen) atoms. The Hall–Kier alpha value is -2.39. The van der Waals surface area contributed by atoms with Gasteiger partial charge in [0.05, 0.1) is 24.2 Å². The van der Waals surface area contributed by atoms with Crippen LogP contribution in [0.1, 0.15) is 19.4 Å². The van der Waals surface area contributed by atoms with Crippen molar-refractivity contribution in [1.29, 1.82) is 0 Å². The van der Waals surface area contributed by atoms with Crippen LogP contribution in [-0.2, 0) is 6.54 Å². The van der Waals surface area contributed by atoms with E-state index >= 15 is 0 Å². The molecule has 0 aliphatic carbocycles. The van der Waals surface area contributed by atoms with E-state index in [0.717, 1.165) is 15.6 Å². The maximum absolute atomic E-state index is 5.73. The highest BCUT2D eigenvalue weighted by Crippen LogP contribution is 2.37. The predicted octanol–water partition coefficient (Wildman–Crippen LogP) is 4.31. The summed E-state index contributed by atoms with van der Waals surface area (Å²) in [5.41, 5.74) is 5.23. The third-order valence-corrected chi connectivity index (χ3v) is 4.57. The number of aromatic nitrogens is 4. The molecule has 0 atom stereocenters. The lowest BCUT2D eigenvalue weighted by molar-refractivity contribution is 0.286.